The molecule has 0 spiro atoms. The Balaban J connectivity index is 1.39. The van der Waals surface area contributed by atoms with Gasteiger partial charge in [-0.25, -0.2) is 9.07 Å². The zero-order chi connectivity index (χ0) is 19.5. The molecule has 7 nitrogen and oxygen atoms in total. The zero-order valence-corrected chi connectivity index (χ0v) is 15.4. The SMILES string of the molecule is Cc1ccc(NC(=O)CCOc2cccc(F)c2)cc1-c1nnnn1C1CC1. The summed E-state index contributed by atoms with van der Waals surface area (Å²) < 4.78 is 20.4. The number of hydrogen-bond donors (Lipinski definition) is 1. The molecule has 3 aromatic rings. The van der Waals surface area contributed by atoms with Crippen molar-refractivity contribution in [2.45, 2.75) is 32.2 Å². The molecule has 8 heteroatoms. The number of amides is 1. The predicted molar refractivity (Wildman–Crippen MR) is 101 cm³/mol. The van der Waals surface area contributed by atoms with E-state index in [9.17, 15) is 9.18 Å². The summed E-state index contributed by atoms with van der Waals surface area (Å²) in [5, 5.41) is 14.9. The van der Waals surface area contributed by atoms with Crippen LogP contribution in [0.5, 0.6) is 5.75 Å². The zero-order valence-electron chi connectivity index (χ0n) is 15.4. The molecule has 1 N–H and O–H groups in total. The van der Waals surface area contributed by atoms with Crippen LogP contribution >= 0.6 is 0 Å². The number of anilines is 1. The molecule has 1 saturated carbocycles. The highest BCUT2D eigenvalue weighted by atomic mass is 19.1. The molecule has 1 aliphatic rings. The topological polar surface area (TPSA) is 81.9 Å². The van der Waals surface area contributed by atoms with Crippen molar-refractivity contribution in [3.8, 4) is 17.1 Å². The molecular formula is C20H20FN5O2. The molecule has 28 heavy (non-hydrogen) atoms. The van der Waals surface area contributed by atoms with Gasteiger partial charge in [0, 0.05) is 17.3 Å². The molecule has 0 unspecified atom stereocenters. The molecule has 1 fully saturated rings. The van der Waals surface area contributed by atoms with Crippen molar-refractivity contribution in [3.63, 3.8) is 0 Å². The van der Waals surface area contributed by atoms with Crippen LogP contribution in [0, 0.1) is 12.7 Å². The van der Waals surface area contributed by atoms with E-state index in [1.54, 1.807) is 12.1 Å². The molecule has 0 aliphatic heterocycles. The van der Waals surface area contributed by atoms with Crippen LogP contribution in [0.2, 0.25) is 0 Å². The van der Waals surface area contributed by atoms with E-state index in [-0.39, 0.29) is 24.8 Å². The van der Waals surface area contributed by atoms with Gasteiger partial charge in [0.05, 0.1) is 19.1 Å². The van der Waals surface area contributed by atoms with Crippen LogP contribution in [-0.2, 0) is 4.79 Å². The van der Waals surface area contributed by atoms with Crippen molar-refractivity contribution in [2.24, 2.45) is 0 Å². The van der Waals surface area contributed by atoms with Crippen LogP contribution in [0.4, 0.5) is 10.1 Å². The maximum Gasteiger partial charge on any atom is 0.227 e. The molecule has 0 atom stereocenters. The van der Waals surface area contributed by atoms with Gasteiger partial charge in [0.15, 0.2) is 5.82 Å². The van der Waals surface area contributed by atoms with Gasteiger partial charge >= 0.3 is 0 Å². The fourth-order valence-electron chi connectivity index (χ4n) is 2.92. The largest absolute Gasteiger partial charge is 0.493 e. The van der Waals surface area contributed by atoms with Gasteiger partial charge in [-0.2, -0.15) is 0 Å². The molecule has 144 valence electrons. The number of carbonyl (C=O) groups is 1. The van der Waals surface area contributed by atoms with Gasteiger partial charge < -0.3 is 10.1 Å². The molecule has 0 saturated heterocycles. The molecule has 1 heterocycles. The Kier molecular flexibility index (Phi) is 5.01. The first-order valence-electron chi connectivity index (χ1n) is 9.17. The average Bonchev–Trinajstić information content (AvgIpc) is 3.40. The third-order valence-electron chi connectivity index (χ3n) is 4.54. The summed E-state index contributed by atoms with van der Waals surface area (Å²) in [7, 11) is 0. The number of benzene rings is 2. The second-order valence-corrected chi connectivity index (χ2v) is 6.81. The second kappa shape index (κ2) is 7.75. The van der Waals surface area contributed by atoms with Crippen LogP contribution in [-0.4, -0.2) is 32.7 Å². The minimum Gasteiger partial charge on any atom is -0.493 e. The van der Waals surface area contributed by atoms with Gasteiger partial charge in [0.1, 0.15) is 11.6 Å². The quantitative estimate of drug-likeness (QED) is 0.677. The Morgan fingerprint density at radius 1 is 1.29 bits per heavy atom. The van der Waals surface area contributed by atoms with Gasteiger partial charge in [0.25, 0.3) is 0 Å². The van der Waals surface area contributed by atoms with Crippen LogP contribution in [0.15, 0.2) is 42.5 Å². The third-order valence-corrected chi connectivity index (χ3v) is 4.54. The Bertz CT molecular complexity index is 1000. The Morgan fingerprint density at radius 2 is 2.14 bits per heavy atom. The van der Waals surface area contributed by atoms with Crippen molar-refractivity contribution in [2.75, 3.05) is 11.9 Å². The van der Waals surface area contributed by atoms with E-state index in [0.29, 0.717) is 23.3 Å². The number of aromatic nitrogens is 4. The summed E-state index contributed by atoms with van der Waals surface area (Å²) >= 11 is 0. The van der Waals surface area contributed by atoms with Crippen LogP contribution < -0.4 is 10.1 Å². The van der Waals surface area contributed by atoms with Crippen molar-refractivity contribution in [3.05, 3.63) is 53.8 Å². The lowest BCUT2D eigenvalue weighted by Crippen LogP contribution is -2.15. The van der Waals surface area contributed by atoms with Crippen molar-refractivity contribution >= 4 is 11.6 Å². The van der Waals surface area contributed by atoms with Crippen LogP contribution in [0.3, 0.4) is 0 Å². The Hall–Kier alpha value is -3.29. The summed E-state index contributed by atoms with van der Waals surface area (Å²) in [6.45, 7) is 2.15. The highest BCUT2D eigenvalue weighted by Gasteiger charge is 2.28. The average molecular weight is 381 g/mol. The molecule has 1 amide bonds. The number of hydrogen-bond acceptors (Lipinski definition) is 5. The lowest BCUT2D eigenvalue weighted by Gasteiger charge is -2.11. The number of ether oxygens (including phenoxy) is 1. The lowest BCUT2D eigenvalue weighted by molar-refractivity contribution is -0.116. The van der Waals surface area contributed by atoms with Crippen molar-refractivity contribution in [1.29, 1.82) is 0 Å². The van der Waals surface area contributed by atoms with Gasteiger partial charge in [-0.1, -0.05) is 12.1 Å². The molecule has 1 aliphatic carbocycles. The van der Waals surface area contributed by atoms with E-state index in [4.69, 9.17) is 4.74 Å². The summed E-state index contributed by atoms with van der Waals surface area (Å²) in [5.74, 6) is 0.554. The number of rotatable bonds is 7. The van der Waals surface area contributed by atoms with E-state index >= 15 is 0 Å². The monoisotopic (exact) mass is 381 g/mol. The first-order chi connectivity index (χ1) is 13.6. The fourth-order valence-corrected chi connectivity index (χ4v) is 2.92. The first kappa shape index (κ1) is 18.1. The van der Waals surface area contributed by atoms with Gasteiger partial charge in [-0.3, -0.25) is 4.79 Å². The summed E-state index contributed by atoms with van der Waals surface area (Å²) in [6, 6.07) is 11.9. The Labute approximate surface area is 161 Å². The number of tetrazole rings is 1. The number of nitrogens with one attached hydrogen (secondary N) is 1. The second-order valence-electron chi connectivity index (χ2n) is 6.81. The normalized spacial score (nSPS) is 13.4. The summed E-state index contributed by atoms with van der Waals surface area (Å²) in [5.41, 5.74) is 2.59. The Morgan fingerprint density at radius 3 is 2.93 bits per heavy atom. The van der Waals surface area contributed by atoms with Crippen molar-refractivity contribution < 1.29 is 13.9 Å². The fraction of sp³-hybridized carbons (Fsp3) is 0.300. The third kappa shape index (κ3) is 4.16. The molecular weight excluding hydrogens is 361 g/mol. The summed E-state index contributed by atoms with van der Waals surface area (Å²) in [6.07, 6.45) is 2.32. The number of nitrogens with zero attached hydrogens (tertiary/aromatic N) is 4. The lowest BCUT2D eigenvalue weighted by atomic mass is 10.1. The predicted octanol–water partition coefficient (Wildman–Crippen LogP) is 3.53. The van der Waals surface area contributed by atoms with E-state index in [2.05, 4.69) is 20.8 Å². The van der Waals surface area contributed by atoms with E-state index < -0.39 is 0 Å². The molecule has 2 aromatic carbocycles. The first-order valence-corrected chi connectivity index (χ1v) is 9.17. The minimum atomic E-state index is -0.373. The van der Waals surface area contributed by atoms with Crippen LogP contribution in [0.1, 0.15) is 30.9 Å². The maximum absolute atomic E-state index is 13.1. The highest BCUT2D eigenvalue weighted by Crippen LogP contribution is 2.37. The molecule has 4 rings (SSSR count). The smallest absolute Gasteiger partial charge is 0.227 e. The molecule has 0 bridgehead atoms. The van der Waals surface area contributed by atoms with E-state index in [0.717, 1.165) is 24.0 Å². The van der Waals surface area contributed by atoms with Gasteiger partial charge in [-0.05, 0) is 60.0 Å². The van der Waals surface area contributed by atoms with E-state index in [1.807, 2.05) is 29.8 Å². The highest BCUT2D eigenvalue weighted by molar-refractivity contribution is 5.91. The standard InChI is InChI=1S/C20H20FN5O2/c1-13-5-6-15(12-18(13)20-23-24-25-26(20)16-7-8-16)22-19(27)9-10-28-17-4-2-3-14(21)11-17/h2-6,11-12,16H,7-10H2,1H3,(H,22,27). The van der Waals surface area contributed by atoms with Gasteiger partial charge in [-0.15, -0.1) is 5.10 Å². The molecule has 1 aromatic heterocycles. The van der Waals surface area contributed by atoms with Crippen molar-refractivity contribution in [1.82, 2.24) is 20.2 Å². The number of carbonyl (C=O) groups excluding carboxylic acids is 1. The maximum atomic E-state index is 13.1. The minimum absolute atomic E-state index is 0.152. The van der Waals surface area contributed by atoms with Gasteiger partial charge in [0.2, 0.25) is 5.91 Å². The van der Waals surface area contributed by atoms with Crippen LogP contribution in [0.25, 0.3) is 11.4 Å². The molecule has 0 radical (unpaired) electrons. The number of aryl methyl sites for hydroxylation is 1. The van der Waals surface area contributed by atoms with E-state index in [1.165, 1.54) is 12.1 Å². The number of halogens is 1. The summed E-state index contributed by atoms with van der Waals surface area (Å²) in [4.78, 5) is 12.2.